The van der Waals surface area contributed by atoms with Gasteiger partial charge in [0.25, 0.3) is 0 Å². The number of carbonyl (C=O) groups excluding carboxylic acids is 1. The van der Waals surface area contributed by atoms with E-state index in [1.807, 2.05) is 18.2 Å². The fourth-order valence-electron chi connectivity index (χ4n) is 3.92. The van der Waals surface area contributed by atoms with Crippen LogP contribution in [0.25, 0.3) is 16.7 Å². The van der Waals surface area contributed by atoms with Crippen LogP contribution in [0.4, 0.5) is 0 Å². The zero-order valence-corrected chi connectivity index (χ0v) is 19.4. The lowest BCUT2D eigenvalue weighted by Gasteiger charge is -2.15. The first kappa shape index (κ1) is 22.3. The number of aliphatic hydroxyl groups excluding tert-OH is 1. The molecule has 6 rings (SSSR count). The zero-order valence-electron chi connectivity index (χ0n) is 17.8. The molecule has 0 radical (unpaired) electrons. The Morgan fingerprint density at radius 2 is 1.62 bits per heavy atom. The lowest BCUT2D eigenvalue weighted by Crippen LogP contribution is -2.15. The number of carbonyl (C=O) groups is 1. The third-order valence-electron chi connectivity index (χ3n) is 6.13. The van der Waals surface area contributed by atoms with Gasteiger partial charge in [-0.2, -0.15) is 10.5 Å². The van der Waals surface area contributed by atoms with Crippen LogP contribution in [0.5, 0.6) is 0 Å². The topological polar surface area (TPSA) is 124 Å². The third kappa shape index (κ3) is 4.09. The van der Waals surface area contributed by atoms with Crippen molar-refractivity contribution in [3.05, 3.63) is 68.4 Å². The number of aliphatic hydroxyl groups is 1. The zero-order chi connectivity index (χ0) is 24.0. The number of pyridine rings is 3. The van der Waals surface area contributed by atoms with E-state index in [1.165, 1.54) is 12.8 Å². The van der Waals surface area contributed by atoms with Gasteiger partial charge in [0.15, 0.2) is 5.78 Å². The number of ketones is 1. The number of fused-ring (bicyclic) bond motifs is 2. The summed E-state index contributed by atoms with van der Waals surface area (Å²) in [6.45, 7) is 0. The van der Waals surface area contributed by atoms with Crippen molar-refractivity contribution in [1.29, 1.82) is 10.5 Å². The van der Waals surface area contributed by atoms with Gasteiger partial charge in [0.1, 0.15) is 34.2 Å². The summed E-state index contributed by atoms with van der Waals surface area (Å²) in [5.74, 6) is 0.495. The van der Waals surface area contributed by atoms with Crippen LogP contribution in [0.1, 0.15) is 65.6 Å². The molecule has 0 aliphatic heterocycles. The van der Waals surface area contributed by atoms with Crippen LogP contribution in [-0.2, 0) is 11.2 Å². The second-order valence-electron chi connectivity index (χ2n) is 8.58. The highest BCUT2D eigenvalue weighted by molar-refractivity contribution is 6.39. The van der Waals surface area contributed by atoms with Gasteiger partial charge < -0.3 is 5.11 Å². The first-order valence-corrected chi connectivity index (χ1v) is 11.6. The molecule has 0 saturated heterocycles. The van der Waals surface area contributed by atoms with E-state index in [-0.39, 0.29) is 34.3 Å². The number of Topliss-reactive ketones (excluding diaryl/α,β-unsaturated/α-hetero) is 1. The van der Waals surface area contributed by atoms with Gasteiger partial charge >= 0.3 is 0 Å². The minimum atomic E-state index is -0.335. The van der Waals surface area contributed by atoms with E-state index in [2.05, 4.69) is 15.0 Å². The summed E-state index contributed by atoms with van der Waals surface area (Å²) in [4.78, 5) is 24.3. The molecule has 7 nitrogen and oxygen atoms in total. The molecule has 0 amide bonds. The molecule has 3 aromatic rings. The summed E-state index contributed by atoms with van der Waals surface area (Å²) in [5, 5.41) is 29.0. The van der Waals surface area contributed by atoms with Crippen LogP contribution in [-0.4, -0.2) is 25.8 Å². The highest BCUT2D eigenvalue weighted by Crippen LogP contribution is 2.41. The van der Waals surface area contributed by atoms with Crippen LogP contribution in [0, 0.1) is 22.7 Å². The molecule has 1 N–H and O–H groups in total. The monoisotopic (exact) mass is 489 g/mol. The molecule has 2 saturated carbocycles. The van der Waals surface area contributed by atoms with E-state index in [0.29, 0.717) is 33.5 Å². The van der Waals surface area contributed by atoms with Gasteiger partial charge in [-0.15, -0.1) is 0 Å². The van der Waals surface area contributed by atoms with E-state index in [0.717, 1.165) is 29.6 Å². The minimum Gasteiger partial charge on any atom is -0.506 e. The molecule has 0 unspecified atom stereocenters. The van der Waals surface area contributed by atoms with Crippen molar-refractivity contribution in [2.75, 3.05) is 0 Å². The molecule has 0 atom stereocenters. The number of nitriles is 2. The van der Waals surface area contributed by atoms with Crippen molar-refractivity contribution in [2.24, 2.45) is 0 Å². The smallest absolute Gasteiger partial charge is 0.181 e. The molecule has 0 spiro atoms. The standard InChI is InChI=1S/C13H10N2O2.C12H7Cl2N3/c14-5-10-12(16)3-8-6-15-11(7-1-2-7)4-9(8)13(10)17;13-11-7-3-9(6-1-2-6)16-5-10(7)17-12(14)8(11)4-15/h4,6-7,17H,1-3H2;3,5-6H,1-2H2. The summed E-state index contributed by atoms with van der Waals surface area (Å²) in [6.07, 6.45) is 8.05. The second kappa shape index (κ2) is 8.68. The maximum absolute atomic E-state index is 11.6. The van der Waals surface area contributed by atoms with Crippen LogP contribution >= 0.6 is 23.2 Å². The van der Waals surface area contributed by atoms with E-state index in [4.69, 9.17) is 33.7 Å². The number of hydrogen-bond donors (Lipinski definition) is 1. The molecule has 3 heterocycles. The normalized spacial score (nSPS) is 16.9. The number of allylic oxidation sites excluding steroid dienone is 1. The molecule has 3 aliphatic carbocycles. The Kier molecular flexibility index (Phi) is 5.69. The molecular weight excluding hydrogens is 473 g/mol. The molecule has 0 aromatic carbocycles. The molecule has 3 aromatic heterocycles. The van der Waals surface area contributed by atoms with Crippen molar-refractivity contribution >= 4 is 45.6 Å². The molecular formula is C25H17Cl2N5O2. The molecule has 34 heavy (non-hydrogen) atoms. The summed E-state index contributed by atoms with van der Waals surface area (Å²) < 4.78 is 0. The van der Waals surface area contributed by atoms with Gasteiger partial charge in [-0.3, -0.25) is 14.8 Å². The van der Waals surface area contributed by atoms with Crippen molar-refractivity contribution in [3.63, 3.8) is 0 Å². The highest BCUT2D eigenvalue weighted by atomic mass is 35.5. The first-order chi connectivity index (χ1) is 16.4. The summed E-state index contributed by atoms with van der Waals surface area (Å²) in [6, 6.07) is 7.47. The van der Waals surface area contributed by atoms with E-state index in [1.54, 1.807) is 18.5 Å². The fraction of sp³-hybridized carbons (Fsp3) is 0.280. The molecule has 0 bridgehead atoms. The van der Waals surface area contributed by atoms with Gasteiger partial charge in [0, 0.05) is 46.8 Å². The first-order valence-electron chi connectivity index (χ1n) is 10.8. The number of hydrogen-bond acceptors (Lipinski definition) is 7. The van der Waals surface area contributed by atoms with E-state index >= 15 is 0 Å². The Morgan fingerprint density at radius 3 is 2.24 bits per heavy atom. The Balaban J connectivity index is 0.000000142. The highest BCUT2D eigenvalue weighted by Gasteiger charge is 2.30. The predicted molar refractivity (Wildman–Crippen MR) is 126 cm³/mol. The van der Waals surface area contributed by atoms with E-state index in [9.17, 15) is 9.90 Å². The maximum atomic E-state index is 11.6. The fourth-order valence-corrected chi connectivity index (χ4v) is 4.48. The van der Waals surface area contributed by atoms with Crippen molar-refractivity contribution in [1.82, 2.24) is 15.0 Å². The van der Waals surface area contributed by atoms with Crippen LogP contribution < -0.4 is 0 Å². The van der Waals surface area contributed by atoms with Gasteiger partial charge in [-0.05, 0) is 43.4 Å². The van der Waals surface area contributed by atoms with Gasteiger partial charge in [0.05, 0.1) is 16.7 Å². The molecule has 9 heteroatoms. The predicted octanol–water partition coefficient (Wildman–Crippen LogP) is 5.56. The van der Waals surface area contributed by atoms with Gasteiger partial charge in [0.2, 0.25) is 0 Å². The molecule has 2 fully saturated rings. The number of nitrogens with zero attached hydrogens (tertiary/aromatic N) is 5. The van der Waals surface area contributed by atoms with Crippen LogP contribution in [0.3, 0.4) is 0 Å². The summed E-state index contributed by atoms with van der Waals surface area (Å²) in [7, 11) is 0. The van der Waals surface area contributed by atoms with Gasteiger partial charge in [-0.25, -0.2) is 4.98 Å². The van der Waals surface area contributed by atoms with Gasteiger partial charge in [-0.1, -0.05) is 23.2 Å². The maximum Gasteiger partial charge on any atom is 0.181 e. The number of aromatic nitrogens is 3. The Labute approximate surface area is 205 Å². The minimum absolute atomic E-state index is 0.131. The van der Waals surface area contributed by atoms with Crippen molar-refractivity contribution in [2.45, 2.75) is 43.9 Å². The Bertz CT molecular complexity index is 1480. The van der Waals surface area contributed by atoms with E-state index < -0.39 is 0 Å². The quantitative estimate of drug-likeness (QED) is 0.466. The summed E-state index contributed by atoms with van der Waals surface area (Å²) in [5.41, 5.74) is 3.99. The lowest BCUT2D eigenvalue weighted by molar-refractivity contribution is -0.114. The molecule has 168 valence electrons. The third-order valence-corrected chi connectivity index (χ3v) is 6.80. The number of halogens is 2. The number of rotatable bonds is 2. The largest absolute Gasteiger partial charge is 0.506 e. The SMILES string of the molecule is N#CC1=C(O)c2cc(C3CC3)ncc2CC1=O.N#Cc1c(Cl)nc2cnc(C3CC3)cc2c1Cl. The average Bonchev–Trinajstić information content (AvgIpc) is 3.73. The van der Waals surface area contributed by atoms with Crippen molar-refractivity contribution in [3.8, 4) is 12.1 Å². The second-order valence-corrected chi connectivity index (χ2v) is 9.32. The Morgan fingerprint density at radius 1 is 0.971 bits per heavy atom. The average molecular weight is 490 g/mol. The lowest BCUT2D eigenvalue weighted by atomic mass is 9.90. The Hall–Kier alpha value is -3.52. The van der Waals surface area contributed by atoms with Crippen molar-refractivity contribution < 1.29 is 9.90 Å². The van der Waals surface area contributed by atoms with Crippen LogP contribution in [0.15, 0.2) is 30.1 Å². The summed E-state index contributed by atoms with van der Waals surface area (Å²) >= 11 is 12.0. The van der Waals surface area contributed by atoms with Crippen LogP contribution in [0.2, 0.25) is 10.2 Å². The molecule has 3 aliphatic rings.